The van der Waals surface area contributed by atoms with Crippen molar-refractivity contribution < 1.29 is 9.84 Å². The largest absolute Gasteiger partial charge is 0.504 e. The Morgan fingerprint density at radius 2 is 2.29 bits per heavy atom. The summed E-state index contributed by atoms with van der Waals surface area (Å²) in [7, 11) is 1.50. The van der Waals surface area contributed by atoms with Crippen LogP contribution in [0.2, 0.25) is 0 Å². The number of benzene rings is 1. The number of ether oxygens (including phenoxy) is 1. The van der Waals surface area contributed by atoms with Crippen LogP contribution in [0.5, 0.6) is 11.5 Å². The second-order valence-corrected chi connectivity index (χ2v) is 4.55. The summed E-state index contributed by atoms with van der Waals surface area (Å²) >= 11 is 0. The minimum atomic E-state index is 0.118. The van der Waals surface area contributed by atoms with Gasteiger partial charge in [0.25, 0.3) is 0 Å². The lowest BCUT2D eigenvalue weighted by Gasteiger charge is -2.09. The number of imidazole rings is 1. The normalized spacial score (nSPS) is 11.0. The number of phenols is 1. The fraction of sp³-hybridized carbons (Fsp3) is 0.200. The first kappa shape index (κ1) is 14.6. The zero-order chi connectivity index (χ0) is 15.4. The van der Waals surface area contributed by atoms with Crippen LogP contribution in [0, 0.1) is 6.92 Å². The van der Waals surface area contributed by atoms with Gasteiger partial charge in [-0.1, -0.05) is 6.08 Å². The average Bonchev–Trinajstić information content (AvgIpc) is 2.78. The topological polar surface area (TPSA) is 85.7 Å². The van der Waals surface area contributed by atoms with Gasteiger partial charge in [0.2, 0.25) is 5.95 Å². The van der Waals surface area contributed by atoms with Crippen molar-refractivity contribution in [3.05, 3.63) is 47.8 Å². The second kappa shape index (κ2) is 6.13. The molecule has 2 aromatic rings. The molecule has 2 rings (SSSR count). The lowest BCUT2D eigenvalue weighted by Crippen LogP contribution is -1.98. The zero-order valence-corrected chi connectivity index (χ0v) is 12.1. The smallest absolute Gasteiger partial charge is 0.221 e. The van der Waals surface area contributed by atoms with Crippen molar-refractivity contribution in [3.8, 4) is 11.5 Å². The Balaban J connectivity index is 2.37. The predicted octanol–water partition coefficient (Wildman–Crippen LogP) is 2.10. The maximum Gasteiger partial charge on any atom is 0.221 e. The number of phenolic OH excluding ortho intramolecular Hbond substituents is 1. The van der Waals surface area contributed by atoms with Gasteiger partial charge >= 0.3 is 0 Å². The minimum Gasteiger partial charge on any atom is -0.504 e. The molecule has 0 aliphatic rings. The molecule has 6 heteroatoms. The van der Waals surface area contributed by atoms with Crippen LogP contribution in [0.1, 0.15) is 16.8 Å². The van der Waals surface area contributed by atoms with Crippen LogP contribution in [0.25, 0.3) is 0 Å². The molecular weight excluding hydrogens is 268 g/mol. The molecule has 1 heterocycles. The Bertz CT molecular complexity index is 689. The van der Waals surface area contributed by atoms with E-state index in [9.17, 15) is 5.11 Å². The SMILES string of the molecule is C=CCc1cc(C=Nn2cc(C)nc2N)cc(OC)c1O. The Hall–Kier alpha value is -2.76. The molecule has 0 aliphatic carbocycles. The van der Waals surface area contributed by atoms with Gasteiger partial charge in [-0.05, 0) is 31.0 Å². The van der Waals surface area contributed by atoms with Crippen molar-refractivity contribution in [2.24, 2.45) is 5.10 Å². The van der Waals surface area contributed by atoms with Gasteiger partial charge in [-0.25, -0.2) is 9.66 Å². The summed E-state index contributed by atoms with van der Waals surface area (Å²) in [5.41, 5.74) is 8.02. The van der Waals surface area contributed by atoms with E-state index >= 15 is 0 Å². The fourth-order valence-corrected chi connectivity index (χ4v) is 1.96. The van der Waals surface area contributed by atoms with Gasteiger partial charge in [-0.2, -0.15) is 5.10 Å². The summed E-state index contributed by atoms with van der Waals surface area (Å²) in [6, 6.07) is 3.52. The first-order valence-electron chi connectivity index (χ1n) is 6.41. The fourth-order valence-electron chi connectivity index (χ4n) is 1.96. The van der Waals surface area contributed by atoms with E-state index in [-0.39, 0.29) is 5.75 Å². The minimum absolute atomic E-state index is 0.118. The van der Waals surface area contributed by atoms with E-state index in [0.29, 0.717) is 18.1 Å². The number of aromatic hydroxyl groups is 1. The molecule has 0 spiro atoms. The number of nitrogens with two attached hydrogens (primary N) is 1. The first-order chi connectivity index (χ1) is 10.0. The summed E-state index contributed by atoms with van der Waals surface area (Å²) in [6.45, 7) is 5.52. The van der Waals surface area contributed by atoms with Crippen LogP contribution in [-0.2, 0) is 6.42 Å². The van der Waals surface area contributed by atoms with E-state index in [0.717, 1.165) is 16.8 Å². The maximum absolute atomic E-state index is 10.0. The number of rotatable bonds is 5. The standard InChI is InChI=1S/C15H18N4O2/c1-4-5-12-6-11(7-13(21-3)14(12)20)8-17-19-9-10(2)18-15(19)16/h4,6-9,20H,1,5H2,2-3H3,(H2,16,18). The lowest BCUT2D eigenvalue weighted by molar-refractivity contribution is 0.371. The molecule has 0 amide bonds. The second-order valence-electron chi connectivity index (χ2n) is 4.55. The predicted molar refractivity (Wildman–Crippen MR) is 82.9 cm³/mol. The van der Waals surface area contributed by atoms with Crippen molar-refractivity contribution in [2.75, 3.05) is 12.8 Å². The van der Waals surface area contributed by atoms with Crippen LogP contribution in [0.4, 0.5) is 5.95 Å². The number of methoxy groups -OCH3 is 1. The Labute approximate surface area is 123 Å². The van der Waals surface area contributed by atoms with Crippen LogP contribution in [0.15, 0.2) is 36.1 Å². The van der Waals surface area contributed by atoms with Gasteiger partial charge in [0.05, 0.1) is 25.2 Å². The molecule has 0 atom stereocenters. The highest BCUT2D eigenvalue weighted by molar-refractivity contribution is 5.81. The molecule has 0 saturated heterocycles. The monoisotopic (exact) mass is 286 g/mol. The summed E-state index contributed by atoms with van der Waals surface area (Å²) in [5.74, 6) is 0.832. The highest BCUT2D eigenvalue weighted by atomic mass is 16.5. The molecule has 6 nitrogen and oxygen atoms in total. The third kappa shape index (κ3) is 3.22. The molecule has 0 fully saturated rings. The number of aryl methyl sites for hydroxylation is 1. The molecule has 3 N–H and O–H groups in total. The Kier molecular flexibility index (Phi) is 4.27. The highest BCUT2D eigenvalue weighted by Crippen LogP contribution is 2.31. The Morgan fingerprint density at radius 3 is 2.86 bits per heavy atom. The molecule has 21 heavy (non-hydrogen) atoms. The van der Waals surface area contributed by atoms with Gasteiger partial charge in [-0.15, -0.1) is 6.58 Å². The van der Waals surface area contributed by atoms with Gasteiger partial charge in [0, 0.05) is 5.56 Å². The lowest BCUT2D eigenvalue weighted by atomic mass is 10.1. The van der Waals surface area contributed by atoms with Crippen molar-refractivity contribution in [1.82, 2.24) is 9.66 Å². The summed E-state index contributed by atoms with van der Waals surface area (Å²) in [6.07, 6.45) is 5.61. The van der Waals surface area contributed by atoms with Crippen LogP contribution in [0.3, 0.4) is 0 Å². The van der Waals surface area contributed by atoms with Gasteiger partial charge in [0.1, 0.15) is 0 Å². The van der Waals surface area contributed by atoms with E-state index in [1.807, 2.05) is 13.0 Å². The number of aromatic nitrogens is 2. The molecule has 0 bridgehead atoms. The summed E-state index contributed by atoms with van der Waals surface area (Å²) in [5, 5.41) is 14.3. The van der Waals surface area contributed by atoms with Crippen LogP contribution in [-0.4, -0.2) is 28.1 Å². The van der Waals surface area contributed by atoms with Crippen molar-refractivity contribution in [3.63, 3.8) is 0 Å². The van der Waals surface area contributed by atoms with Crippen molar-refractivity contribution in [1.29, 1.82) is 0 Å². The number of anilines is 1. The number of nitrogen functional groups attached to an aromatic ring is 1. The van der Waals surface area contributed by atoms with Gasteiger partial charge in [0.15, 0.2) is 11.5 Å². The van der Waals surface area contributed by atoms with Gasteiger partial charge < -0.3 is 15.6 Å². The molecule has 0 aliphatic heterocycles. The van der Waals surface area contributed by atoms with Gasteiger partial charge in [-0.3, -0.25) is 0 Å². The van der Waals surface area contributed by atoms with Crippen molar-refractivity contribution >= 4 is 12.2 Å². The first-order valence-corrected chi connectivity index (χ1v) is 6.41. The molecule has 110 valence electrons. The molecule has 0 saturated carbocycles. The summed E-state index contributed by atoms with van der Waals surface area (Å²) < 4.78 is 6.65. The van der Waals surface area contributed by atoms with E-state index < -0.39 is 0 Å². The summed E-state index contributed by atoms with van der Waals surface area (Å²) in [4.78, 5) is 4.07. The van der Waals surface area contributed by atoms with Crippen molar-refractivity contribution in [2.45, 2.75) is 13.3 Å². The maximum atomic E-state index is 10.0. The van der Waals surface area contributed by atoms with E-state index in [2.05, 4.69) is 16.7 Å². The average molecular weight is 286 g/mol. The molecular formula is C15H18N4O2. The molecule has 1 aromatic heterocycles. The van der Waals surface area contributed by atoms with Crippen LogP contribution >= 0.6 is 0 Å². The number of hydrogen-bond acceptors (Lipinski definition) is 5. The van der Waals surface area contributed by atoms with E-state index in [4.69, 9.17) is 10.5 Å². The molecule has 0 radical (unpaired) electrons. The third-order valence-electron chi connectivity index (χ3n) is 2.93. The zero-order valence-electron chi connectivity index (χ0n) is 12.1. The van der Waals surface area contributed by atoms with Crippen LogP contribution < -0.4 is 10.5 Å². The highest BCUT2D eigenvalue weighted by Gasteiger charge is 2.09. The Morgan fingerprint density at radius 1 is 1.52 bits per heavy atom. The molecule has 1 aromatic carbocycles. The molecule has 0 unspecified atom stereocenters. The number of hydrogen-bond donors (Lipinski definition) is 2. The van der Waals surface area contributed by atoms with E-state index in [1.165, 1.54) is 11.8 Å². The number of allylic oxidation sites excluding steroid dienone is 1. The van der Waals surface area contributed by atoms with E-state index in [1.54, 1.807) is 24.6 Å². The number of nitrogens with zero attached hydrogens (tertiary/aromatic N) is 3. The third-order valence-corrected chi connectivity index (χ3v) is 2.93. The quantitative estimate of drug-likeness (QED) is 0.651.